The number of hydrogen-bond acceptors (Lipinski definition) is 4. The molecule has 0 aromatic carbocycles. The van der Waals surface area contributed by atoms with Crippen molar-refractivity contribution in [2.45, 2.75) is 51.0 Å². The zero-order valence-electron chi connectivity index (χ0n) is 13.0. The van der Waals surface area contributed by atoms with Crippen molar-refractivity contribution in [1.82, 2.24) is 14.8 Å². The summed E-state index contributed by atoms with van der Waals surface area (Å²) in [7, 11) is 0. The maximum atomic E-state index is 11.0. The van der Waals surface area contributed by atoms with Crippen LogP contribution in [-0.2, 0) is 16.8 Å². The van der Waals surface area contributed by atoms with Crippen molar-refractivity contribution in [3.63, 3.8) is 0 Å². The standard InChI is InChI=1S/C15H18BrN3O2S.ClH/c1-15(2,10-5-6-11(16)22-10)14-18-17-13(9-3-4-9)19(14)8-7-12(20)21;/h5-6,9H,3-4,7-8H2,1-2H3,(H,20,21);1H. The van der Waals surface area contributed by atoms with Crippen molar-refractivity contribution in [1.29, 1.82) is 0 Å². The number of aliphatic carboxylic acids is 1. The molecule has 1 aliphatic rings. The molecule has 23 heavy (non-hydrogen) atoms. The van der Waals surface area contributed by atoms with E-state index in [0.717, 1.165) is 28.3 Å². The Hall–Kier alpha value is -0.920. The number of carbonyl (C=O) groups is 1. The Balaban J connectivity index is 0.00000192. The second kappa shape index (κ2) is 6.91. The van der Waals surface area contributed by atoms with Crippen LogP contribution in [0.25, 0.3) is 0 Å². The van der Waals surface area contributed by atoms with Crippen molar-refractivity contribution in [3.05, 3.63) is 32.4 Å². The lowest BCUT2D eigenvalue weighted by molar-refractivity contribution is -0.137. The van der Waals surface area contributed by atoms with Gasteiger partial charge in [-0.1, -0.05) is 0 Å². The third-order valence-corrected chi connectivity index (χ3v) is 5.97. The number of carboxylic acid groups (broad SMARTS) is 1. The van der Waals surface area contributed by atoms with Gasteiger partial charge in [-0.3, -0.25) is 4.79 Å². The van der Waals surface area contributed by atoms with Crippen LogP contribution in [0.15, 0.2) is 15.9 Å². The van der Waals surface area contributed by atoms with E-state index in [4.69, 9.17) is 5.11 Å². The monoisotopic (exact) mass is 419 g/mol. The minimum Gasteiger partial charge on any atom is -0.481 e. The minimum atomic E-state index is -0.793. The van der Waals surface area contributed by atoms with E-state index in [0.29, 0.717) is 12.5 Å². The number of hydrogen-bond donors (Lipinski definition) is 1. The highest BCUT2D eigenvalue weighted by molar-refractivity contribution is 9.11. The van der Waals surface area contributed by atoms with Gasteiger partial charge in [-0.05, 0) is 54.8 Å². The van der Waals surface area contributed by atoms with Crippen LogP contribution in [0.2, 0.25) is 0 Å². The average Bonchev–Trinajstić information content (AvgIpc) is 3.03. The second-order valence-electron chi connectivity index (χ2n) is 6.18. The largest absolute Gasteiger partial charge is 0.481 e. The zero-order valence-corrected chi connectivity index (χ0v) is 16.2. The smallest absolute Gasteiger partial charge is 0.305 e. The van der Waals surface area contributed by atoms with Crippen molar-refractivity contribution in [3.8, 4) is 0 Å². The Morgan fingerprint density at radius 3 is 2.65 bits per heavy atom. The first kappa shape index (κ1) is 18.4. The van der Waals surface area contributed by atoms with E-state index in [1.165, 1.54) is 4.88 Å². The second-order valence-corrected chi connectivity index (χ2v) is 8.64. The van der Waals surface area contributed by atoms with E-state index in [9.17, 15) is 4.79 Å². The zero-order chi connectivity index (χ0) is 15.9. The molecule has 5 nitrogen and oxygen atoms in total. The summed E-state index contributed by atoms with van der Waals surface area (Å²) < 4.78 is 3.11. The first-order chi connectivity index (χ1) is 10.4. The lowest BCUT2D eigenvalue weighted by Gasteiger charge is -2.23. The summed E-state index contributed by atoms with van der Waals surface area (Å²) in [5, 5.41) is 17.8. The summed E-state index contributed by atoms with van der Waals surface area (Å²) >= 11 is 5.18. The molecule has 0 bridgehead atoms. The van der Waals surface area contributed by atoms with E-state index in [1.807, 2.05) is 10.6 Å². The number of aromatic nitrogens is 3. The van der Waals surface area contributed by atoms with Gasteiger partial charge < -0.3 is 9.67 Å². The van der Waals surface area contributed by atoms with Gasteiger partial charge in [0.25, 0.3) is 0 Å². The van der Waals surface area contributed by atoms with Gasteiger partial charge in [-0.25, -0.2) is 0 Å². The minimum absolute atomic E-state index is 0. The fourth-order valence-corrected chi connectivity index (χ4v) is 4.09. The van der Waals surface area contributed by atoms with Crippen LogP contribution in [0.1, 0.15) is 55.6 Å². The number of nitrogens with zero attached hydrogens (tertiary/aromatic N) is 3. The van der Waals surface area contributed by atoms with Gasteiger partial charge in [0.15, 0.2) is 0 Å². The van der Waals surface area contributed by atoms with Gasteiger partial charge in [0.05, 0.1) is 15.6 Å². The maximum Gasteiger partial charge on any atom is 0.305 e. The molecule has 0 atom stereocenters. The van der Waals surface area contributed by atoms with E-state index in [2.05, 4.69) is 46.0 Å². The highest BCUT2D eigenvalue weighted by Gasteiger charge is 2.36. The molecule has 0 saturated heterocycles. The van der Waals surface area contributed by atoms with E-state index in [1.54, 1.807) is 11.3 Å². The molecule has 0 unspecified atom stereocenters. The van der Waals surface area contributed by atoms with Gasteiger partial charge in [0.2, 0.25) is 0 Å². The first-order valence-corrected chi connectivity index (χ1v) is 8.91. The molecule has 0 spiro atoms. The van der Waals surface area contributed by atoms with E-state index >= 15 is 0 Å². The van der Waals surface area contributed by atoms with Crippen LogP contribution < -0.4 is 0 Å². The molecule has 1 N–H and O–H groups in total. The summed E-state index contributed by atoms with van der Waals surface area (Å²) in [5.41, 5.74) is -0.296. The molecule has 2 aromatic heterocycles. The number of halogens is 2. The van der Waals surface area contributed by atoms with Crippen molar-refractivity contribution in [2.24, 2.45) is 0 Å². The summed E-state index contributed by atoms with van der Waals surface area (Å²) in [6, 6.07) is 4.11. The Labute approximate surface area is 153 Å². The molecule has 2 aromatic rings. The Bertz CT molecular complexity index is 709. The van der Waals surface area contributed by atoms with E-state index in [-0.39, 0.29) is 24.2 Å². The molecule has 0 aliphatic heterocycles. The van der Waals surface area contributed by atoms with Gasteiger partial charge in [-0.15, -0.1) is 33.9 Å². The normalized spacial score (nSPS) is 14.6. The lowest BCUT2D eigenvalue weighted by atomic mass is 9.90. The van der Waals surface area contributed by atoms with Gasteiger partial charge >= 0.3 is 5.97 Å². The third-order valence-electron chi connectivity index (χ3n) is 4.02. The molecule has 126 valence electrons. The fraction of sp³-hybridized carbons (Fsp3) is 0.533. The molecule has 1 fully saturated rings. The molecular formula is C15H19BrClN3O2S. The van der Waals surface area contributed by atoms with Crippen molar-refractivity contribution >= 4 is 45.6 Å². The summed E-state index contributed by atoms with van der Waals surface area (Å²) in [6.07, 6.45) is 2.33. The molecule has 3 rings (SSSR count). The van der Waals surface area contributed by atoms with Crippen LogP contribution >= 0.6 is 39.7 Å². The molecule has 0 radical (unpaired) electrons. The van der Waals surface area contributed by atoms with Crippen LogP contribution in [0.4, 0.5) is 0 Å². The first-order valence-electron chi connectivity index (χ1n) is 7.31. The van der Waals surface area contributed by atoms with Crippen LogP contribution in [-0.4, -0.2) is 25.8 Å². The molecule has 1 aliphatic carbocycles. The van der Waals surface area contributed by atoms with Gasteiger partial charge in [-0.2, -0.15) is 0 Å². The molecular weight excluding hydrogens is 402 g/mol. The van der Waals surface area contributed by atoms with E-state index < -0.39 is 5.97 Å². The number of carboxylic acids is 1. The molecule has 1 saturated carbocycles. The van der Waals surface area contributed by atoms with Crippen molar-refractivity contribution in [2.75, 3.05) is 0 Å². The van der Waals surface area contributed by atoms with Crippen LogP contribution in [0, 0.1) is 0 Å². The topological polar surface area (TPSA) is 68.0 Å². The quantitative estimate of drug-likeness (QED) is 0.760. The van der Waals surface area contributed by atoms with Gasteiger partial charge in [0.1, 0.15) is 11.6 Å². The molecule has 2 heterocycles. The molecule has 8 heteroatoms. The highest BCUT2D eigenvalue weighted by Crippen LogP contribution is 2.42. The average molecular weight is 421 g/mol. The Kier molecular flexibility index (Phi) is 5.53. The SMILES string of the molecule is CC(C)(c1ccc(Br)s1)c1nnc(C2CC2)n1CCC(=O)O.Cl. The predicted molar refractivity (Wildman–Crippen MR) is 95.6 cm³/mol. The lowest BCUT2D eigenvalue weighted by Crippen LogP contribution is -2.25. The van der Waals surface area contributed by atoms with Crippen LogP contribution in [0.3, 0.4) is 0 Å². The third kappa shape index (κ3) is 3.78. The van der Waals surface area contributed by atoms with Gasteiger partial charge in [0, 0.05) is 17.3 Å². The summed E-state index contributed by atoms with van der Waals surface area (Å²) in [5.74, 6) is 1.45. The molecule has 0 amide bonds. The number of rotatable bonds is 6. The predicted octanol–water partition coefficient (Wildman–Crippen LogP) is 4.20. The summed E-state index contributed by atoms with van der Waals surface area (Å²) in [4.78, 5) is 12.2. The van der Waals surface area contributed by atoms with Crippen molar-refractivity contribution < 1.29 is 9.90 Å². The van der Waals surface area contributed by atoms with Crippen LogP contribution in [0.5, 0.6) is 0 Å². The summed E-state index contributed by atoms with van der Waals surface area (Å²) in [6.45, 7) is 4.66. The maximum absolute atomic E-state index is 11.0. The Morgan fingerprint density at radius 1 is 1.43 bits per heavy atom. The Morgan fingerprint density at radius 2 is 2.13 bits per heavy atom. The highest BCUT2D eigenvalue weighted by atomic mass is 79.9. The fourth-order valence-electron chi connectivity index (χ4n) is 2.61. The number of thiophene rings is 1.